The van der Waals surface area contributed by atoms with Crippen molar-refractivity contribution in [3.05, 3.63) is 29.8 Å². The zero-order valence-electron chi connectivity index (χ0n) is 12.9. The van der Waals surface area contributed by atoms with Gasteiger partial charge in [-0.05, 0) is 43.5 Å². The minimum atomic E-state index is 0.0147. The van der Waals surface area contributed by atoms with Crippen molar-refractivity contribution in [3.63, 3.8) is 0 Å². The first-order chi connectivity index (χ1) is 10.1. The van der Waals surface area contributed by atoms with Gasteiger partial charge in [0.05, 0.1) is 0 Å². The number of anilines is 1. The smallest absolute Gasteiger partial charge is 0.253 e. The van der Waals surface area contributed by atoms with Crippen LogP contribution in [0, 0.1) is 5.92 Å². The molecule has 21 heavy (non-hydrogen) atoms. The molecule has 1 N–H and O–H groups in total. The predicted molar refractivity (Wildman–Crippen MR) is 84.3 cm³/mol. The van der Waals surface area contributed by atoms with Gasteiger partial charge in [-0.1, -0.05) is 20.3 Å². The van der Waals surface area contributed by atoms with Gasteiger partial charge in [0.2, 0.25) is 5.91 Å². The van der Waals surface area contributed by atoms with Gasteiger partial charge in [-0.25, -0.2) is 0 Å². The number of benzene rings is 1. The minimum Gasteiger partial charge on any atom is -0.339 e. The number of hydrogen-bond acceptors (Lipinski definition) is 2. The van der Waals surface area contributed by atoms with Crippen molar-refractivity contribution in [3.8, 4) is 0 Å². The fourth-order valence-electron chi connectivity index (χ4n) is 2.63. The molecule has 2 rings (SSSR count). The van der Waals surface area contributed by atoms with Crippen LogP contribution in [-0.2, 0) is 4.79 Å². The summed E-state index contributed by atoms with van der Waals surface area (Å²) in [6.45, 7) is 5.71. The normalized spacial score (nSPS) is 15.8. The van der Waals surface area contributed by atoms with Gasteiger partial charge >= 0.3 is 0 Å². The van der Waals surface area contributed by atoms with Crippen molar-refractivity contribution in [1.29, 1.82) is 0 Å². The number of nitrogens with one attached hydrogen (secondary N) is 1. The van der Waals surface area contributed by atoms with Crippen LogP contribution in [0.5, 0.6) is 0 Å². The van der Waals surface area contributed by atoms with Crippen LogP contribution in [0.3, 0.4) is 0 Å². The Morgan fingerprint density at radius 1 is 1.19 bits per heavy atom. The number of rotatable bonds is 5. The van der Waals surface area contributed by atoms with Crippen LogP contribution in [0.2, 0.25) is 0 Å². The van der Waals surface area contributed by atoms with Crippen molar-refractivity contribution in [1.82, 2.24) is 4.90 Å². The average Bonchev–Trinajstić information content (AvgIpc) is 3.01. The van der Waals surface area contributed by atoms with Crippen molar-refractivity contribution in [2.24, 2.45) is 5.92 Å². The molecule has 4 nitrogen and oxygen atoms in total. The number of carbonyl (C=O) groups excluding carboxylic acids is 2. The van der Waals surface area contributed by atoms with E-state index in [-0.39, 0.29) is 17.7 Å². The molecule has 0 aromatic heterocycles. The van der Waals surface area contributed by atoms with E-state index in [0.29, 0.717) is 5.56 Å². The lowest BCUT2D eigenvalue weighted by molar-refractivity contribution is -0.119. The first kappa shape index (κ1) is 15.5. The molecule has 0 spiro atoms. The Bertz CT molecular complexity index is 490. The summed E-state index contributed by atoms with van der Waals surface area (Å²) >= 11 is 0. The first-order valence-electron chi connectivity index (χ1n) is 7.82. The second-order valence-electron chi connectivity index (χ2n) is 5.76. The molecule has 1 fully saturated rings. The van der Waals surface area contributed by atoms with Crippen LogP contribution in [0.4, 0.5) is 5.69 Å². The maximum atomic E-state index is 12.2. The fourth-order valence-corrected chi connectivity index (χ4v) is 2.63. The molecule has 1 unspecified atom stereocenters. The van der Waals surface area contributed by atoms with E-state index in [1.165, 1.54) is 0 Å². The van der Waals surface area contributed by atoms with E-state index < -0.39 is 0 Å². The highest BCUT2D eigenvalue weighted by atomic mass is 16.2. The lowest BCUT2D eigenvalue weighted by atomic mass is 10.1. The molecule has 4 heteroatoms. The summed E-state index contributed by atoms with van der Waals surface area (Å²) in [6, 6.07) is 7.20. The topological polar surface area (TPSA) is 49.4 Å². The minimum absolute atomic E-state index is 0.0147. The molecule has 2 amide bonds. The second-order valence-corrected chi connectivity index (χ2v) is 5.76. The molecule has 0 aliphatic carbocycles. The zero-order valence-corrected chi connectivity index (χ0v) is 12.9. The SMILES string of the molecule is CCCC(C)C(=O)Nc1ccc(C(=O)N2CCCC2)cc1. The Morgan fingerprint density at radius 3 is 2.38 bits per heavy atom. The maximum Gasteiger partial charge on any atom is 0.253 e. The van der Waals surface area contributed by atoms with E-state index in [9.17, 15) is 9.59 Å². The molecule has 1 aliphatic rings. The molecule has 0 saturated carbocycles. The largest absolute Gasteiger partial charge is 0.339 e. The van der Waals surface area contributed by atoms with Crippen LogP contribution >= 0.6 is 0 Å². The van der Waals surface area contributed by atoms with E-state index in [0.717, 1.165) is 44.5 Å². The van der Waals surface area contributed by atoms with Gasteiger partial charge < -0.3 is 10.2 Å². The second kappa shape index (κ2) is 7.25. The highest BCUT2D eigenvalue weighted by molar-refractivity contribution is 5.96. The van der Waals surface area contributed by atoms with Gasteiger partial charge in [0.1, 0.15) is 0 Å². The molecule has 1 aliphatic heterocycles. The number of nitrogens with zero attached hydrogens (tertiary/aromatic N) is 1. The first-order valence-corrected chi connectivity index (χ1v) is 7.82. The molecule has 1 atom stereocenters. The molecule has 0 radical (unpaired) electrons. The number of hydrogen-bond donors (Lipinski definition) is 1. The third kappa shape index (κ3) is 4.06. The van der Waals surface area contributed by atoms with E-state index in [1.807, 2.05) is 11.8 Å². The van der Waals surface area contributed by atoms with Gasteiger partial charge in [-0.15, -0.1) is 0 Å². The van der Waals surface area contributed by atoms with Crippen LogP contribution in [0.25, 0.3) is 0 Å². The monoisotopic (exact) mass is 288 g/mol. The molecular formula is C17H24N2O2. The van der Waals surface area contributed by atoms with Gasteiger partial charge in [-0.3, -0.25) is 9.59 Å². The fraction of sp³-hybridized carbons (Fsp3) is 0.529. The summed E-state index contributed by atoms with van der Waals surface area (Å²) < 4.78 is 0. The van der Waals surface area contributed by atoms with Crippen LogP contribution in [0.1, 0.15) is 49.9 Å². The Labute approximate surface area is 126 Å². The summed E-state index contributed by atoms with van der Waals surface area (Å²) in [5.41, 5.74) is 1.44. The van der Waals surface area contributed by atoms with Crippen LogP contribution < -0.4 is 5.32 Å². The Hall–Kier alpha value is -1.84. The number of carbonyl (C=O) groups is 2. The standard InChI is InChI=1S/C17H24N2O2/c1-3-6-13(2)16(20)18-15-9-7-14(8-10-15)17(21)19-11-4-5-12-19/h7-10,13H,3-6,11-12H2,1-2H3,(H,18,20). The average molecular weight is 288 g/mol. The Kier molecular flexibility index (Phi) is 5.37. The van der Waals surface area contributed by atoms with Crippen LogP contribution in [0.15, 0.2) is 24.3 Å². The van der Waals surface area contributed by atoms with Gasteiger partial charge in [0.25, 0.3) is 5.91 Å². The maximum absolute atomic E-state index is 12.2. The number of likely N-dealkylation sites (tertiary alicyclic amines) is 1. The zero-order chi connectivity index (χ0) is 15.2. The quantitative estimate of drug-likeness (QED) is 0.903. The van der Waals surface area contributed by atoms with E-state index in [2.05, 4.69) is 12.2 Å². The van der Waals surface area contributed by atoms with E-state index >= 15 is 0 Å². The Morgan fingerprint density at radius 2 is 1.81 bits per heavy atom. The molecule has 1 heterocycles. The molecule has 1 aromatic rings. The summed E-state index contributed by atoms with van der Waals surface area (Å²) in [5.74, 6) is 0.140. The molecule has 1 aromatic carbocycles. The van der Waals surface area contributed by atoms with Crippen LogP contribution in [-0.4, -0.2) is 29.8 Å². The third-order valence-corrected chi connectivity index (χ3v) is 3.96. The highest BCUT2D eigenvalue weighted by Crippen LogP contribution is 2.16. The third-order valence-electron chi connectivity index (χ3n) is 3.96. The summed E-state index contributed by atoms with van der Waals surface area (Å²) in [4.78, 5) is 26.0. The van der Waals surface area contributed by atoms with Gasteiger partial charge in [0, 0.05) is 30.3 Å². The highest BCUT2D eigenvalue weighted by Gasteiger charge is 2.19. The lowest BCUT2D eigenvalue weighted by Crippen LogP contribution is -2.27. The van der Waals surface area contributed by atoms with E-state index in [1.54, 1.807) is 24.3 Å². The van der Waals surface area contributed by atoms with Crippen molar-refractivity contribution >= 4 is 17.5 Å². The van der Waals surface area contributed by atoms with Crippen molar-refractivity contribution in [2.45, 2.75) is 39.5 Å². The van der Waals surface area contributed by atoms with Crippen molar-refractivity contribution < 1.29 is 9.59 Å². The summed E-state index contributed by atoms with van der Waals surface area (Å²) in [6.07, 6.45) is 4.07. The predicted octanol–water partition coefficient (Wildman–Crippen LogP) is 3.30. The molecule has 114 valence electrons. The molecule has 1 saturated heterocycles. The van der Waals surface area contributed by atoms with Crippen molar-refractivity contribution in [2.75, 3.05) is 18.4 Å². The van der Waals surface area contributed by atoms with Gasteiger partial charge in [-0.2, -0.15) is 0 Å². The number of amides is 2. The summed E-state index contributed by atoms with van der Waals surface area (Å²) in [5, 5.41) is 2.90. The van der Waals surface area contributed by atoms with E-state index in [4.69, 9.17) is 0 Å². The Balaban J connectivity index is 1.95. The summed E-state index contributed by atoms with van der Waals surface area (Å²) in [7, 11) is 0. The van der Waals surface area contributed by atoms with Gasteiger partial charge in [0.15, 0.2) is 0 Å². The molecular weight excluding hydrogens is 264 g/mol. The molecule has 0 bridgehead atoms. The lowest BCUT2D eigenvalue weighted by Gasteiger charge is -2.15.